The molecule has 1 heterocycles. The second kappa shape index (κ2) is 9.45. The molecule has 2 N–H and O–H groups in total. The number of ether oxygens (including phenoxy) is 2. The fourth-order valence-electron chi connectivity index (χ4n) is 3.15. The number of hydrogen-bond donors (Lipinski definition) is 2. The Morgan fingerprint density at radius 2 is 1.84 bits per heavy atom. The van der Waals surface area contributed by atoms with Crippen LogP contribution in [0.5, 0.6) is 11.5 Å². The maximum absolute atomic E-state index is 13.4. The van der Waals surface area contributed by atoms with Crippen LogP contribution in [0.2, 0.25) is 5.02 Å². The van der Waals surface area contributed by atoms with Crippen molar-refractivity contribution < 1.29 is 27.8 Å². The molecule has 1 aromatic heterocycles. The molecule has 5 nitrogen and oxygen atoms in total. The van der Waals surface area contributed by atoms with E-state index in [0.717, 1.165) is 11.8 Å². The standard InChI is InChI=1S/C22H20ClF3N2O3/c1-30-15-7-5-13(19(11-15)31-2)12-28-18-8-6-14(23)10-17(18)20(29)16-4-3-9-27-21(16)22(24,25)26/h3-11,20,28-29H,12H2,1-2H3. The average molecular weight is 453 g/mol. The van der Waals surface area contributed by atoms with Crippen molar-refractivity contribution >= 4 is 17.3 Å². The largest absolute Gasteiger partial charge is 0.497 e. The minimum Gasteiger partial charge on any atom is -0.497 e. The van der Waals surface area contributed by atoms with E-state index in [4.69, 9.17) is 21.1 Å². The molecule has 9 heteroatoms. The molecule has 2 aromatic carbocycles. The minimum atomic E-state index is -4.71. The molecule has 0 fully saturated rings. The number of nitrogens with one attached hydrogen (secondary N) is 1. The van der Waals surface area contributed by atoms with Gasteiger partial charge in [-0.15, -0.1) is 0 Å². The molecular formula is C22H20ClF3N2O3. The van der Waals surface area contributed by atoms with Crippen LogP contribution in [0.25, 0.3) is 0 Å². The van der Waals surface area contributed by atoms with Gasteiger partial charge in [0, 0.05) is 46.2 Å². The van der Waals surface area contributed by atoms with Gasteiger partial charge in [-0.3, -0.25) is 4.98 Å². The smallest absolute Gasteiger partial charge is 0.433 e. The predicted molar refractivity (Wildman–Crippen MR) is 112 cm³/mol. The number of methoxy groups -OCH3 is 2. The Hall–Kier alpha value is -2.97. The first-order valence-electron chi connectivity index (χ1n) is 9.19. The first kappa shape index (κ1) is 22.7. The number of alkyl halides is 3. The number of aliphatic hydroxyl groups is 1. The number of pyridine rings is 1. The summed E-state index contributed by atoms with van der Waals surface area (Å²) >= 11 is 6.07. The molecule has 0 spiro atoms. The lowest BCUT2D eigenvalue weighted by atomic mass is 9.98. The average Bonchev–Trinajstić information content (AvgIpc) is 2.77. The highest BCUT2D eigenvalue weighted by Crippen LogP contribution is 2.38. The molecule has 0 saturated heterocycles. The number of benzene rings is 2. The van der Waals surface area contributed by atoms with Gasteiger partial charge in [-0.05, 0) is 36.4 Å². The summed E-state index contributed by atoms with van der Waals surface area (Å²) in [6.45, 7) is 0.285. The lowest BCUT2D eigenvalue weighted by Crippen LogP contribution is -2.16. The van der Waals surface area contributed by atoms with Crippen molar-refractivity contribution in [3.63, 3.8) is 0 Å². The van der Waals surface area contributed by atoms with E-state index in [9.17, 15) is 18.3 Å². The summed E-state index contributed by atoms with van der Waals surface area (Å²) in [6, 6.07) is 12.4. The molecule has 3 aromatic rings. The first-order chi connectivity index (χ1) is 14.7. The number of hydrogen-bond acceptors (Lipinski definition) is 5. The van der Waals surface area contributed by atoms with Crippen molar-refractivity contribution in [2.24, 2.45) is 0 Å². The highest BCUT2D eigenvalue weighted by molar-refractivity contribution is 6.30. The Bertz CT molecular complexity index is 1060. The summed E-state index contributed by atoms with van der Waals surface area (Å²) in [4.78, 5) is 3.41. The van der Waals surface area contributed by atoms with Gasteiger partial charge in [0.1, 0.15) is 17.6 Å². The molecule has 0 aliphatic carbocycles. The molecule has 0 radical (unpaired) electrons. The maximum Gasteiger partial charge on any atom is 0.433 e. The molecule has 0 aliphatic rings. The van der Waals surface area contributed by atoms with Gasteiger partial charge in [0.25, 0.3) is 0 Å². The normalized spacial score (nSPS) is 12.4. The van der Waals surface area contributed by atoms with E-state index in [0.29, 0.717) is 17.2 Å². The van der Waals surface area contributed by atoms with Crippen LogP contribution in [0.15, 0.2) is 54.7 Å². The van der Waals surface area contributed by atoms with E-state index in [1.165, 1.54) is 25.3 Å². The van der Waals surface area contributed by atoms with Crippen molar-refractivity contribution in [1.29, 1.82) is 0 Å². The van der Waals surface area contributed by atoms with Crippen LogP contribution in [0.1, 0.15) is 28.5 Å². The number of aliphatic hydroxyl groups excluding tert-OH is 1. The summed E-state index contributed by atoms with van der Waals surface area (Å²) in [5.41, 5.74) is -0.103. The van der Waals surface area contributed by atoms with Gasteiger partial charge >= 0.3 is 6.18 Å². The molecule has 0 aliphatic heterocycles. The first-order valence-corrected chi connectivity index (χ1v) is 9.56. The van der Waals surface area contributed by atoms with Gasteiger partial charge < -0.3 is 19.9 Å². The Morgan fingerprint density at radius 3 is 2.52 bits per heavy atom. The lowest BCUT2D eigenvalue weighted by molar-refractivity contribution is -0.142. The molecule has 0 amide bonds. The SMILES string of the molecule is COc1ccc(CNc2ccc(Cl)cc2C(O)c2cccnc2C(F)(F)F)c(OC)c1. The fraction of sp³-hybridized carbons (Fsp3) is 0.227. The summed E-state index contributed by atoms with van der Waals surface area (Å²) in [6.07, 6.45) is -5.27. The van der Waals surface area contributed by atoms with Crippen LogP contribution < -0.4 is 14.8 Å². The molecule has 164 valence electrons. The van der Waals surface area contributed by atoms with Crippen LogP contribution in [0, 0.1) is 0 Å². The molecule has 1 unspecified atom stereocenters. The van der Waals surface area contributed by atoms with Crippen LogP contribution in [0.3, 0.4) is 0 Å². The number of anilines is 1. The molecule has 31 heavy (non-hydrogen) atoms. The van der Waals surface area contributed by atoms with Gasteiger partial charge in [0.05, 0.1) is 14.2 Å². The molecule has 0 saturated carbocycles. The third-order valence-electron chi connectivity index (χ3n) is 4.67. The molecule has 0 bridgehead atoms. The maximum atomic E-state index is 13.4. The van der Waals surface area contributed by atoms with E-state index in [-0.39, 0.29) is 22.7 Å². The highest BCUT2D eigenvalue weighted by atomic mass is 35.5. The highest BCUT2D eigenvalue weighted by Gasteiger charge is 2.37. The van der Waals surface area contributed by atoms with Crippen molar-refractivity contribution in [2.75, 3.05) is 19.5 Å². The number of aromatic nitrogens is 1. The Morgan fingerprint density at radius 1 is 1.06 bits per heavy atom. The Balaban J connectivity index is 1.94. The summed E-state index contributed by atoms with van der Waals surface area (Å²) in [5, 5.41) is 14.2. The van der Waals surface area contributed by atoms with Crippen molar-refractivity contribution in [1.82, 2.24) is 4.98 Å². The third-order valence-corrected chi connectivity index (χ3v) is 4.91. The molecular weight excluding hydrogens is 433 g/mol. The van der Waals surface area contributed by atoms with E-state index < -0.39 is 18.0 Å². The summed E-state index contributed by atoms with van der Waals surface area (Å²) in [7, 11) is 3.07. The zero-order chi connectivity index (χ0) is 22.6. The minimum absolute atomic E-state index is 0.193. The molecule has 3 rings (SSSR count). The van der Waals surface area contributed by atoms with Crippen LogP contribution in [-0.4, -0.2) is 24.3 Å². The van der Waals surface area contributed by atoms with E-state index >= 15 is 0 Å². The van der Waals surface area contributed by atoms with Crippen LogP contribution in [-0.2, 0) is 12.7 Å². The van der Waals surface area contributed by atoms with Gasteiger partial charge in [0.2, 0.25) is 0 Å². The summed E-state index contributed by atoms with van der Waals surface area (Å²) in [5.74, 6) is 1.20. The second-order valence-electron chi connectivity index (χ2n) is 6.60. The second-order valence-corrected chi connectivity index (χ2v) is 7.04. The van der Waals surface area contributed by atoms with E-state index in [1.54, 1.807) is 37.4 Å². The Kier molecular flexibility index (Phi) is 6.92. The van der Waals surface area contributed by atoms with Gasteiger partial charge in [0.15, 0.2) is 5.69 Å². The molecule has 1 atom stereocenters. The summed E-state index contributed by atoms with van der Waals surface area (Å²) < 4.78 is 50.7. The lowest BCUT2D eigenvalue weighted by Gasteiger charge is -2.21. The topological polar surface area (TPSA) is 63.6 Å². The van der Waals surface area contributed by atoms with Crippen LogP contribution >= 0.6 is 11.6 Å². The quantitative estimate of drug-likeness (QED) is 0.498. The Labute approximate surface area is 182 Å². The van der Waals surface area contributed by atoms with Gasteiger partial charge in [-0.1, -0.05) is 17.7 Å². The van der Waals surface area contributed by atoms with Crippen molar-refractivity contribution in [3.05, 3.63) is 82.1 Å². The van der Waals surface area contributed by atoms with E-state index in [1.807, 2.05) is 0 Å². The third kappa shape index (κ3) is 5.21. The van der Waals surface area contributed by atoms with Crippen molar-refractivity contribution in [2.45, 2.75) is 18.8 Å². The number of nitrogens with zero attached hydrogens (tertiary/aromatic N) is 1. The predicted octanol–water partition coefficient (Wildman–Crippen LogP) is 5.46. The number of rotatable bonds is 7. The van der Waals surface area contributed by atoms with Gasteiger partial charge in [-0.2, -0.15) is 13.2 Å². The van der Waals surface area contributed by atoms with E-state index in [2.05, 4.69) is 10.3 Å². The number of halogens is 4. The fourth-order valence-corrected chi connectivity index (χ4v) is 3.33. The van der Waals surface area contributed by atoms with Gasteiger partial charge in [-0.25, -0.2) is 0 Å². The van der Waals surface area contributed by atoms with Crippen molar-refractivity contribution in [3.8, 4) is 11.5 Å². The monoisotopic (exact) mass is 452 g/mol. The van der Waals surface area contributed by atoms with Crippen LogP contribution in [0.4, 0.5) is 18.9 Å². The zero-order valence-corrected chi connectivity index (χ0v) is 17.5. The zero-order valence-electron chi connectivity index (χ0n) is 16.7.